The Labute approximate surface area is 253 Å². The van der Waals surface area contributed by atoms with Crippen LogP contribution in [0, 0.1) is 5.92 Å². The number of hydrogen-bond donors (Lipinski definition) is 0. The van der Waals surface area contributed by atoms with Crippen molar-refractivity contribution in [3.63, 3.8) is 0 Å². The third kappa shape index (κ3) is 5.84. The number of hydrogen-bond acceptors (Lipinski definition) is 3. The van der Waals surface area contributed by atoms with Gasteiger partial charge < -0.3 is 0 Å². The smallest absolute Gasteiger partial charge is 0.0715 e. The summed E-state index contributed by atoms with van der Waals surface area (Å²) in [5.74, 6) is 0.445. The highest BCUT2D eigenvalue weighted by molar-refractivity contribution is 5.85. The van der Waals surface area contributed by atoms with Gasteiger partial charge in [-0.2, -0.15) is 0 Å². The van der Waals surface area contributed by atoms with Crippen LogP contribution < -0.4 is 0 Å². The second-order valence-corrected chi connectivity index (χ2v) is 11.0. The summed E-state index contributed by atoms with van der Waals surface area (Å²) in [6.45, 7) is 2.20. The fraction of sp³-hybridized carbons (Fsp3) is 0.0750. The number of rotatable bonds is 6. The third-order valence-electron chi connectivity index (χ3n) is 7.84. The molecule has 0 amide bonds. The third-order valence-corrected chi connectivity index (χ3v) is 7.84. The predicted molar refractivity (Wildman–Crippen MR) is 179 cm³/mol. The number of aromatic nitrogens is 2. The van der Waals surface area contributed by atoms with Gasteiger partial charge in [-0.25, -0.2) is 4.98 Å². The zero-order chi connectivity index (χ0) is 29.0. The average molecular weight is 554 g/mol. The van der Waals surface area contributed by atoms with Crippen molar-refractivity contribution in [3.8, 4) is 56.0 Å². The Morgan fingerprint density at radius 3 is 1.60 bits per heavy atom. The molecule has 7 rings (SSSR count). The van der Waals surface area contributed by atoms with Gasteiger partial charge in [0, 0.05) is 40.2 Å². The molecule has 206 valence electrons. The van der Waals surface area contributed by atoms with Gasteiger partial charge in [-0.15, -0.1) is 0 Å². The Bertz CT molecular complexity index is 1870. The first kappa shape index (κ1) is 26.5. The Kier molecular flexibility index (Phi) is 7.29. The van der Waals surface area contributed by atoms with E-state index in [0.717, 1.165) is 73.7 Å². The molecule has 0 N–H and O–H groups in total. The highest BCUT2D eigenvalue weighted by Crippen LogP contribution is 2.36. The maximum absolute atomic E-state index is 5.09. The lowest BCUT2D eigenvalue weighted by Crippen LogP contribution is -2.00. The zero-order valence-electron chi connectivity index (χ0n) is 24.1. The first-order valence-corrected chi connectivity index (χ1v) is 14.7. The Morgan fingerprint density at radius 2 is 1.05 bits per heavy atom. The van der Waals surface area contributed by atoms with E-state index in [4.69, 9.17) is 15.0 Å². The van der Waals surface area contributed by atoms with Crippen molar-refractivity contribution < 1.29 is 0 Å². The van der Waals surface area contributed by atoms with Crippen molar-refractivity contribution >= 4 is 11.9 Å². The maximum atomic E-state index is 5.09. The Balaban J connectivity index is 1.38. The van der Waals surface area contributed by atoms with Crippen LogP contribution >= 0.6 is 0 Å². The van der Waals surface area contributed by atoms with Crippen molar-refractivity contribution in [2.24, 2.45) is 10.9 Å². The van der Waals surface area contributed by atoms with Crippen LogP contribution in [-0.2, 0) is 0 Å². The molecule has 0 bridgehead atoms. The Hall–Kier alpha value is -5.41. The lowest BCUT2D eigenvalue weighted by Gasteiger charge is -2.16. The number of allylic oxidation sites excluding steroid dienone is 1. The molecule has 1 aliphatic rings. The van der Waals surface area contributed by atoms with Gasteiger partial charge in [0.2, 0.25) is 0 Å². The van der Waals surface area contributed by atoms with E-state index in [1.165, 1.54) is 0 Å². The minimum atomic E-state index is 0.445. The van der Waals surface area contributed by atoms with E-state index in [1.54, 1.807) is 0 Å². The zero-order valence-corrected chi connectivity index (χ0v) is 24.1. The fourth-order valence-electron chi connectivity index (χ4n) is 5.48. The van der Waals surface area contributed by atoms with E-state index in [-0.39, 0.29) is 0 Å². The topological polar surface area (TPSA) is 38.1 Å². The highest BCUT2D eigenvalue weighted by atomic mass is 14.7. The molecule has 1 unspecified atom stereocenters. The summed E-state index contributed by atoms with van der Waals surface area (Å²) in [5, 5.41) is 0. The minimum Gasteiger partial charge on any atom is -0.261 e. The van der Waals surface area contributed by atoms with Gasteiger partial charge in [-0.05, 0) is 65.4 Å². The summed E-state index contributed by atoms with van der Waals surface area (Å²) in [6, 6.07) is 46.5. The van der Waals surface area contributed by atoms with E-state index >= 15 is 0 Å². The molecule has 3 heterocycles. The average Bonchev–Trinajstić information content (AvgIpc) is 3.09. The fourth-order valence-corrected chi connectivity index (χ4v) is 5.48. The molecule has 1 atom stereocenters. The molecule has 0 aliphatic carbocycles. The molecular formula is C40H31N3. The molecule has 43 heavy (non-hydrogen) atoms. The van der Waals surface area contributed by atoms with Crippen molar-refractivity contribution in [2.45, 2.75) is 13.3 Å². The molecule has 0 radical (unpaired) electrons. The summed E-state index contributed by atoms with van der Waals surface area (Å²) in [6.07, 6.45) is 7.25. The van der Waals surface area contributed by atoms with Crippen LogP contribution in [0.2, 0.25) is 0 Å². The highest BCUT2D eigenvalue weighted by Gasteiger charge is 2.15. The number of aliphatic imine (C=N–C) groups is 1. The second kappa shape index (κ2) is 11.8. The van der Waals surface area contributed by atoms with Gasteiger partial charge in [-0.3, -0.25) is 9.98 Å². The van der Waals surface area contributed by atoms with Gasteiger partial charge in [0.05, 0.1) is 22.8 Å². The van der Waals surface area contributed by atoms with Crippen LogP contribution in [-0.4, -0.2) is 16.2 Å². The molecule has 0 saturated carbocycles. The van der Waals surface area contributed by atoms with Crippen molar-refractivity contribution in [3.05, 3.63) is 151 Å². The first-order valence-electron chi connectivity index (χ1n) is 14.7. The standard InChI is InChI=1S/C40H31N3/c1-28-17-19-37(41-26-28)35-21-33(22-36(23-35)38-20-18-32(27-42-38)29-11-5-2-6-12-29)34-24-39(30-13-7-3-8-14-30)43-40(25-34)31-15-9-4-10-16-31/h2-16,18-28H,17H2,1H3. The molecular weight excluding hydrogens is 522 g/mol. The second-order valence-electron chi connectivity index (χ2n) is 11.0. The van der Waals surface area contributed by atoms with Crippen LogP contribution in [0.25, 0.3) is 61.7 Å². The van der Waals surface area contributed by atoms with E-state index in [9.17, 15) is 0 Å². The molecule has 0 spiro atoms. The van der Waals surface area contributed by atoms with Crippen LogP contribution in [0.4, 0.5) is 0 Å². The van der Waals surface area contributed by atoms with E-state index in [0.29, 0.717) is 5.92 Å². The van der Waals surface area contributed by atoms with Crippen molar-refractivity contribution in [2.75, 3.05) is 0 Å². The molecule has 4 aromatic carbocycles. The van der Waals surface area contributed by atoms with Crippen molar-refractivity contribution in [1.29, 1.82) is 0 Å². The van der Waals surface area contributed by atoms with Crippen LogP contribution in [0.15, 0.2) is 151 Å². The van der Waals surface area contributed by atoms with Crippen LogP contribution in [0.5, 0.6) is 0 Å². The lowest BCUT2D eigenvalue weighted by atomic mass is 9.93. The molecule has 0 fully saturated rings. The summed E-state index contributed by atoms with van der Waals surface area (Å²) < 4.78 is 0. The molecule has 6 aromatic rings. The van der Waals surface area contributed by atoms with Gasteiger partial charge in [0.15, 0.2) is 0 Å². The maximum Gasteiger partial charge on any atom is 0.0715 e. The van der Waals surface area contributed by atoms with Gasteiger partial charge >= 0.3 is 0 Å². The minimum absolute atomic E-state index is 0.445. The van der Waals surface area contributed by atoms with E-state index in [2.05, 4.69) is 134 Å². The lowest BCUT2D eigenvalue weighted by molar-refractivity contribution is 0.799. The van der Waals surface area contributed by atoms with Gasteiger partial charge in [0.25, 0.3) is 0 Å². The molecule has 3 heteroatoms. The SMILES string of the molecule is CC1C=NC(c2cc(-c3cc(-c4ccccc4)nc(-c4ccccc4)c3)cc(-c3ccc(-c4ccccc4)cn3)c2)=CC1. The first-order chi connectivity index (χ1) is 21.2. The molecule has 2 aromatic heterocycles. The Morgan fingerprint density at radius 1 is 0.488 bits per heavy atom. The largest absolute Gasteiger partial charge is 0.261 e. The quantitative estimate of drug-likeness (QED) is 0.206. The van der Waals surface area contributed by atoms with Gasteiger partial charge in [-0.1, -0.05) is 110 Å². The summed E-state index contributed by atoms with van der Waals surface area (Å²) in [7, 11) is 0. The van der Waals surface area contributed by atoms with Crippen LogP contribution in [0.1, 0.15) is 18.9 Å². The molecule has 3 nitrogen and oxygen atoms in total. The van der Waals surface area contributed by atoms with Gasteiger partial charge in [0.1, 0.15) is 0 Å². The van der Waals surface area contributed by atoms with Crippen LogP contribution in [0.3, 0.4) is 0 Å². The summed E-state index contributed by atoms with van der Waals surface area (Å²) in [4.78, 5) is 14.8. The summed E-state index contributed by atoms with van der Waals surface area (Å²) >= 11 is 0. The predicted octanol–water partition coefficient (Wildman–Crippen LogP) is 10.3. The van der Waals surface area contributed by atoms with E-state index in [1.807, 2.05) is 24.4 Å². The van der Waals surface area contributed by atoms with E-state index < -0.39 is 0 Å². The van der Waals surface area contributed by atoms with Crippen molar-refractivity contribution in [1.82, 2.24) is 9.97 Å². The summed E-state index contributed by atoms with van der Waals surface area (Å²) in [5.41, 5.74) is 12.6. The monoisotopic (exact) mass is 553 g/mol. The number of pyridine rings is 2. The molecule has 0 saturated heterocycles. The number of benzene rings is 4. The normalized spacial score (nSPS) is 14.3. The molecule has 1 aliphatic heterocycles. The number of nitrogens with zero attached hydrogens (tertiary/aromatic N) is 3.